The summed E-state index contributed by atoms with van der Waals surface area (Å²) in [6.45, 7) is 5.72. The molecule has 0 aliphatic carbocycles. The zero-order chi connectivity index (χ0) is 19.4. The van der Waals surface area contributed by atoms with Gasteiger partial charge in [0.2, 0.25) is 0 Å². The zero-order valence-electron chi connectivity index (χ0n) is 16.3. The fourth-order valence-electron chi connectivity index (χ4n) is 2.96. The number of nitrogens with zero attached hydrogens (tertiary/aromatic N) is 1. The maximum Gasteiger partial charge on any atom is 0.255 e. The molecule has 0 radical (unpaired) electrons. The van der Waals surface area contributed by atoms with Crippen molar-refractivity contribution in [1.29, 1.82) is 0 Å². The summed E-state index contributed by atoms with van der Waals surface area (Å²) < 4.78 is 11.4. The molecular weight excluding hydrogens is 342 g/mol. The first-order valence-corrected chi connectivity index (χ1v) is 9.12. The number of anilines is 3. The number of ether oxygens (including phenoxy) is 2. The first kappa shape index (κ1) is 19.0. The fourth-order valence-corrected chi connectivity index (χ4v) is 2.96. The number of hydrogen-bond donors (Lipinski definition) is 2. The topological polar surface area (TPSA) is 62.8 Å². The van der Waals surface area contributed by atoms with Crippen LogP contribution < -0.4 is 20.3 Å². The van der Waals surface area contributed by atoms with Gasteiger partial charge in [0.25, 0.3) is 5.91 Å². The van der Waals surface area contributed by atoms with E-state index >= 15 is 0 Å². The van der Waals surface area contributed by atoms with Crippen molar-refractivity contribution in [2.75, 3.05) is 49.4 Å². The second-order valence-electron chi connectivity index (χ2n) is 7.22. The summed E-state index contributed by atoms with van der Waals surface area (Å²) in [6.07, 6.45) is 0. The van der Waals surface area contributed by atoms with Gasteiger partial charge in [-0.15, -0.1) is 0 Å². The summed E-state index contributed by atoms with van der Waals surface area (Å²) in [7, 11) is 3.94. The normalized spacial score (nSPS) is 18.1. The highest BCUT2D eigenvalue weighted by molar-refractivity contribution is 6.05. The first-order chi connectivity index (χ1) is 12.9. The zero-order valence-corrected chi connectivity index (χ0v) is 16.3. The maximum atomic E-state index is 12.7. The van der Waals surface area contributed by atoms with Gasteiger partial charge in [-0.25, -0.2) is 0 Å². The van der Waals surface area contributed by atoms with Crippen LogP contribution in [-0.2, 0) is 4.74 Å². The van der Waals surface area contributed by atoms with Crippen LogP contribution in [0.4, 0.5) is 17.1 Å². The predicted molar refractivity (Wildman–Crippen MR) is 109 cm³/mol. The minimum Gasteiger partial charge on any atom is -0.489 e. The lowest BCUT2D eigenvalue weighted by molar-refractivity contribution is 0.0808. The molecule has 27 heavy (non-hydrogen) atoms. The molecule has 1 aliphatic heterocycles. The van der Waals surface area contributed by atoms with Crippen LogP contribution in [0.2, 0.25) is 0 Å². The molecule has 1 amide bonds. The number of fused-ring (bicyclic) bond motifs is 1. The Morgan fingerprint density at radius 2 is 2.11 bits per heavy atom. The molecule has 1 aliphatic rings. The summed E-state index contributed by atoms with van der Waals surface area (Å²) in [6, 6.07) is 13.2. The molecule has 0 saturated heterocycles. The Hall–Kier alpha value is -2.73. The van der Waals surface area contributed by atoms with E-state index in [1.165, 1.54) is 0 Å². The molecule has 0 spiro atoms. The number of hydrogen-bond acceptors (Lipinski definition) is 5. The molecule has 6 heteroatoms. The van der Waals surface area contributed by atoms with E-state index in [4.69, 9.17) is 9.47 Å². The van der Waals surface area contributed by atoms with Crippen molar-refractivity contribution >= 4 is 23.0 Å². The van der Waals surface area contributed by atoms with Gasteiger partial charge in [-0.1, -0.05) is 6.07 Å². The monoisotopic (exact) mass is 369 g/mol. The summed E-state index contributed by atoms with van der Waals surface area (Å²) in [5.41, 5.74) is 2.84. The van der Waals surface area contributed by atoms with E-state index in [-0.39, 0.29) is 11.4 Å². The molecule has 0 bridgehead atoms. The van der Waals surface area contributed by atoms with E-state index in [9.17, 15) is 4.79 Å². The van der Waals surface area contributed by atoms with Crippen LogP contribution in [-0.4, -0.2) is 45.4 Å². The van der Waals surface area contributed by atoms with E-state index in [0.29, 0.717) is 25.4 Å². The van der Waals surface area contributed by atoms with Gasteiger partial charge >= 0.3 is 0 Å². The summed E-state index contributed by atoms with van der Waals surface area (Å²) >= 11 is 0. The van der Waals surface area contributed by atoms with Crippen LogP contribution in [0, 0.1) is 0 Å². The molecule has 1 unspecified atom stereocenters. The molecular formula is C21H27N3O3. The molecule has 1 atom stereocenters. The number of rotatable bonds is 6. The van der Waals surface area contributed by atoms with Gasteiger partial charge < -0.3 is 25.0 Å². The highest BCUT2D eigenvalue weighted by Gasteiger charge is 2.31. The van der Waals surface area contributed by atoms with Crippen LogP contribution in [0.25, 0.3) is 0 Å². The number of carbonyl (C=O) groups excluding carboxylic acids is 1. The Morgan fingerprint density at radius 1 is 1.30 bits per heavy atom. The second-order valence-corrected chi connectivity index (χ2v) is 7.22. The molecule has 144 valence electrons. The molecule has 3 rings (SSSR count). The Balaban J connectivity index is 1.75. The number of carbonyl (C=O) groups is 1. The van der Waals surface area contributed by atoms with Crippen LogP contribution >= 0.6 is 0 Å². The van der Waals surface area contributed by atoms with Crippen LogP contribution in [0.15, 0.2) is 42.5 Å². The Bertz CT molecular complexity index is 822. The second kappa shape index (κ2) is 7.88. The summed E-state index contributed by atoms with van der Waals surface area (Å²) in [5, 5.41) is 6.41. The smallest absolute Gasteiger partial charge is 0.255 e. The van der Waals surface area contributed by atoms with Gasteiger partial charge in [0.15, 0.2) is 0 Å². The summed E-state index contributed by atoms with van der Waals surface area (Å²) in [5.74, 6) is 0.586. The average molecular weight is 369 g/mol. The quantitative estimate of drug-likeness (QED) is 0.815. The van der Waals surface area contributed by atoms with Crippen molar-refractivity contribution in [1.82, 2.24) is 0 Å². The molecule has 2 aromatic rings. The van der Waals surface area contributed by atoms with E-state index in [2.05, 4.69) is 10.6 Å². The van der Waals surface area contributed by atoms with Gasteiger partial charge in [0.05, 0.1) is 17.8 Å². The van der Waals surface area contributed by atoms with E-state index < -0.39 is 0 Å². The lowest BCUT2D eigenvalue weighted by atomic mass is 10.0. The molecule has 0 aromatic heterocycles. The molecule has 0 fully saturated rings. The van der Waals surface area contributed by atoms with Crippen molar-refractivity contribution in [3.63, 3.8) is 0 Å². The molecule has 0 saturated carbocycles. The fraction of sp³-hybridized carbons (Fsp3) is 0.381. The Morgan fingerprint density at radius 3 is 2.85 bits per heavy atom. The van der Waals surface area contributed by atoms with Crippen molar-refractivity contribution in [3.8, 4) is 5.75 Å². The molecule has 2 aromatic carbocycles. The Labute approximate surface area is 160 Å². The Kier molecular flexibility index (Phi) is 5.56. The SMILES string of the molecule is CCOCC1(C)COc2ccc(C(=O)Nc3cccc(N(C)C)c3)cc2N1. The number of amides is 1. The van der Waals surface area contributed by atoms with E-state index in [1.807, 2.05) is 69.2 Å². The average Bonchev–Trinajstić information content (AvgIpc) is 2.66. The third kappa shape index (κ3) is 4.52. The van der Waals surface area contributed by atoms with Crippen LogP contribution in [0.3, 0.4) is 0 Å². The standard InChI is InChI=1S/C21H27N3O3/c1-5-26-13-21(2)14-27-19-10-9-15(11-18(19)23-21)20(25)22-16-7-6-8-17(12-16)24(3)4/h6-12,23H,5,13-14H2,1-4H3,(H,22,25). The van der Waals surface area contributed by atoms with Crippen LogP contribution in [0.5, 0.6) is 5.75 Å². The molecule has 1 heterocycles. The minimum atomic E-state index is -0.321. The third-order valence-electron chi connectivity index (χ3n) is 4.47. The maximum absolute atomic E-state index is 12.7. The van der Waals surface area contributed by atoms with Gasteiger partial charge in [-0.3, -0.25) is 4.79 Å². The highest BCUT2D eigenvalue weighted by Crippen LogP contribution is 2.33. The largest absolute Gasteiger partial charge is 0.489 e. The number of nitrogens with one attached hydrogen (secondary N) is 2. The molecule has 6 nitrogen and oxygen atoms in total. The summed E-state index contributed by atoms with van der Waals surface area (Å²) in [4.78, 5) is 14.7. The van der Waals surface area contributed by atoms with Crippen LogP contribution in [0.1, 0.15) is 24.2 Å². The van der Waals surface area contributed by atoms with Gasteiger partial charge in [0.1, 0.15) is 12.4 Å². The number of benzene rings is 2. The first-order valence-electron chi connectivity index (χ1n) is 9.12. The highest BCUT2D eigenvalue weighted by atomic mass is 16.5. The van der Waals surface area contributed by atoms with Gasteiger partial charge in [0, 0.05) is 37.6 Å². The van der Waals surface area contributed by atoms with E-state index in [1.54, 1.807) is 6.07 Å². The lowest BCUT2D eigenvalue weighted by Crippen LogP contribution is -2.48. The van der Waals surface area contributed by atoms with E-state index in [0.717, 1.165) is 22.8 Å². The third-order valence-corrected chi connectivity index (χ3v) is 4.47. The van der Waals surface area contributed by atoms with Gasteiger partial charge in [-0.05, 0) is 50.2 Å². The van der Waals surface area contributed by atoms with Crippen molar-refractivity contribution in [3.05, 3.63) is 48.0 Å². The molecule has 2 N–H and O–H groups in total. The van der Waals surface area contributed by atoms with Crippen molar-refractivity contribution < 1.29 is 14.3 Å². The van der Waals surface area contributed by atoms with Gasteiger partial charge in [-0.2, -0.15) is 0 Å². The van der Waals surface area contributed by atoms with Crippen molar-refractivity contribution in [2.24, 2.45) is 0 Å². The van der Waals surface area contributed by atoms with Crippen molar-refractivity contribution in [2.45, 2.75) is 19.4 Å². The predicted octanol–water partition coefficient (Wildman–Crippen LogP) is 3.60. The lowest BCUT2D eigenvalue weighted by Gasteiger charge is -2.36. The minimum absolute atomic E-state index is 0.160.